The van der Waals surface area contributed by atoms with Crippen LogP contribution < -0.4 is 15.4 Å². The van der Waals surface area contributed by atoms with Crippen LogP contribution in [0.15, 0.2) is 24.3 Å². The Morgan fingerprint density at radius 3 is 2.91 bits per heavy atom. The van der Waals surface area contributed by atoms with Gasteiger partial charge in [-0.25, -0.2) is 0 Å². The molecule has 2 rings (SSSR count). The van der Waals surface area contributed by atoms with Gasteiger partial charge in [0.15, 0.2) is 0 Å². The molecule has 0 spiro atoms. The van der Waals surface area contributed by atoms with E-state index in [1.54, 1.807) is 7.11 Å². The zero-order chi connectivity index (χ0) is 15.6. The van der Waals surface area contributed by atoms with Crippen LogP contribution in [0.3, 0.4) is 0 Å². The summed E-state index contributed by atoms with van der Waals surface area (Å²) in [6.45, 7) is 3.63. The summed E-state index contributed by atoms with van der Waals surface area (Å²) in [7, 11) is 1.65. The summed E-state index contributed by atoms with van der Waals surface area (Å²) < 4.78 is 15.9. The van der Waals surface area contributed by atoms with Gasteiger partial charge in [0, 0.05) is 19.7 Å². The van der Waals surface area contributed by atoms with Crippen LogP contribution in [-0.2, 0) is 20.9 Å². The Morgan fingerprint density at radius 1 is 1.41 bits per heavy atom. The van der Waals surface area contributed by atoms with Crippen LogP contribution in [0.25, 0.3) is 0 Å². The first-order chi connectivity index (χ1) is 10.8. The molecule has 6 nitrogen and oxygen atoms in total. The summed E-state index contributed by atoms with van der Waals surface area (Å²) >= 11 is 0. The molecule has 1 unspecified atom stereocenters. The van der Waals surface area contributed by atoms with E-state index >= 15 is 0 Å². The number of carbonyl (C=O) groups excluding carboxylic acids is 1. The van der Waals surface area contributed by atoms with Gasteiger partial charge in [0.2, 0.25) is 5.91 Å². The number of amides is 1. The number of ether oxygens (including phenoxy) is 3. The van der Waals surface area contributed by atoms with Crippen LogP contribution in [0.5, 0.6) is 5.75 Å². The first-order valence-electron chi connectivity index (χ1n) is 7.59. The summed E-state index contributed by atoms with van der Waals surface area (Å²) in [6.07, 6.45) is 0.787. The van der Waals surface area contributed by atoms with Crippen LogP contribution in [0.2, 0.25) is 0 Å². The minimum atomic E-state index is -0.228. The van der Waals surface area contributed by atoms with Crippen molar-refractivity contribution >= 4 is 5.91 Å². The maximum absolute atomic E-state index is 11.8. The average molecular weight is 308 g/mol. The van der Waals surface area contributed by atoms with Gasteiger partial charge in [-0.2, -0.15) is 0 Å². The monoisotopic (exact) mass is 308 g/mol. The molecule has 1 aliphatic heterocycles. The molecule has 0 aliphatic carbocycles. The molecule has 1 amide bonds. The molecule has 0 saturated carbocycles. The number of hydrogen-bond donors (Lipinski definition) is 2. The number of rotatable bonds is 8. The van der Waals surface area contributed by atoms with Crippen molar-refractivity contribution in [1.82, 2.24) is 10.6 Å². The second-order valence-electron chi connectivity index (χ2n) is 5.13. The van der Waals surface area contributed by atoms with E-state index in [-0.39, 0.29) is 11.9 Å². The van der Waals surface area contributed by atoms with Crippen molar-refractivity contribution in [2.24, 2.45) is 0 Å². The predicted octanol–water partition coefficient (Wildman–Crippen LogP) is 0.707. The lowest BCUT2D eigenvalue weighted by atomic mass is 10.2. The van der Waals surface area contributed by atoms with Gasteiger partial charge in [0.25, 0.3) is 0 Å². The Morgan fingerprint density at radius 2 is 2.23 bits per heavy atom. The van der Waals surface area contributed by atoms with Crippen molar-refractivity contribution in [2.75, 3.05) is 40.0 Å². The Bertz CT molecular complexity index is 444. The van der Waals surface area contributed by atoms with Crippen molar-refractivity contribution in [3.05, 3.63) is 29.8 Å². The SMILES string of the molecule is COc1ccc(COCCCNC(=O)C2COCCN2)cc1. The normalized spacial score (nSPS) is 18.0. The molecule has 1 atom stereocenters. The lowest BCUT2D eigenvalue weighted by Crippen LogP contribution is -2.51. The molecule has 1 saturated heterocycles. The average Bonchev–Trinajstić information content (AvgIpc) is 2.59. The molecule has 0 aromatic heterocycles. The van der Waals surface area contributed by atoms with Gasteiger partial charge >= 0.3 is 0 Å². The van der Waals surface area contributed by atoms with Gasteiger partial charge in [-0.3, -0.25) is 4.79 Å². The highest BCUT2D eigenvalue weighted by Crippen LogP contribution is 2.11. The third-order valence-electron chi connectivity index (χ3n) is 3.43. The molecule has 0 radical (unpaired) electrons. The molecule has 1 heterocycles. The van der Waals surface area contributed by atoms with Crippen molar-refractivity contribution < 1.29 is 19.0 Å². The van der Waals surface area contributed by atoms with E-state index in [1.165, 1.54) is 0 Å². The molecule has 1 fully saturated rings. The van der Waals surface area contributed by atoms with Crippen LogP contribution in [-0.4, -0.2) is 52.0 Å². The number of benzene rings is 1. The smallest absolute Gasteiger partial charge is 0.239 e. The first kappa shape index (κ1) is 16.7. The minimum absolute atomic E-state index is 0.00476. The van der Waals surface area contributed by atoms with Gasteiger partial charge < -0.3 is 24.8 Å². The molecule has 1 aliphatic rings. The maximum Gasteiger partial charge on any atom is 0.239 e. The van der Waals surface area contributed by atoms with E-state index in [2.05, 4.69) is 10.6 Å². The Balaban J connectivity index is 1.52. The highest BCUT2D eigenvalue weighted by Gasteiger charge is 2.20. The number of hydrogen-bond acceptors (Lipinski definition) is 5. The third-order valence-corrected chi connectivity index (χ3v) is 3.43. The Kier molecular flexibility index (Phi) is 7.15. The van der Waals surface area contributed by atoms with E-state index < -0.39 is 0 Å². The third kappa shape index (κ3) is 5.63. The van der Waals surface area contributed by atoms with E-state index in [1.807, 2.05) is 24.3 Å². The van der Waals surface area contributed by atoms with E-state index in [0.717, 1.165) is 24.3 Å². The van der Waals surface area contributed by atoms with Gasteiger partial charge in [-0.05, 0) is 24.1 Å². The molecule has 1 aromatic rings. The molecule has 1 aromatic carbocycles. The van der Waals surface area contributed by atoms with E-state index in [4.69, 9.17) is 14.2 Å². The molecule has 2 N–H and O–H groups in total. The molecular weight excluding hydrogens is 284 g/mol. The molecule has 122 valence electrons. The highest BCUT2D eigenvalue weighted by atomic mass is 16.5. The Hall–Kier alpha value is -1.63. The van der Waals surface area contributed by atoms with Crippen LogP contribution in [0.1, 0.15) is 12.0 Å². The summed E-state index contributed by atoms with van der Waals surface area (Å²) in [5, 5.41) is 6.01. The standard InChI is InChI=1S/C16H24N2O4/c1-20-14-5-3-13(4-6-14)11-21-9-2-7-18-16(19)15-12-22-10-8-17-15/h3-6,15,17H,2,7-12H2,1H3,(H,18,19). The predicted molar refractivity (Wildman–Crippen MR) is 82.9 cm³/mol. The molecule has 6 heteroatoms. The molecule has 0 bridgehead atoms. The van der Waals surface area contributed by atoms with Gasteiger partial charge in [0.05, 0.1) is 26.9 Å². The summed E-state index contributed by atoms with van der Waals surface area (Å²) in [4.78, 5) is 11.8. The quantitative estimate of drug-likeness (QED) is 0.692. The Labute approximate surface area is 131 Å². The largest absolute Gasteiger partial charge is 0.497 e. The van der Waals surface area contributed by atoms with Crippen LogP contribution in [0, 0.1) is 0 Å². The van der Waals surface area contributed by atoms with Crippen molar-refractivity contribution in [3.63, 3.8) is 0 Å². The number of carbonyl (C=O) groups is 1. The molecular formula is C16H24N2O4. The van der Waals surface area contributed by atoms with Crippen LogP contribution >= 0.6 is 0 Å². The lowest BCUT2D eigenvalue weighted by Gasteiger charge is -2.22. The second-order valence-corrected chi connectivity index (χ2v) is 5.13. The van der Waals surface area contributed by atoms with Gasteiger partial charge in [-0.1, -0.05) is 12.1 Å². The highest BCUT2D eigenvalue weighted by molar-refractivity contribution is 5.81. The zero-order valence-electron chi connectivity index (χ0n) is 13.0. The summed E-state index contributed by atoms with van der Waals surface area (Å²) in [5.41, 5.74) is 1.10. The van der Waals surface area contributed by atoms with Crippen molar-refractivity contribution in [2.45, 2.75) is 19.1 Å². The van der Waals surface area contributed by atoms with Gasteiger partial charge in [-0.15, -0.1) is 0 Å². The van der Waals surface area contributed by atoms with Crippen molar-refractivity contribution in [1.29, 1.82) is 0 Å². The van der Waals surface area contributed by atoms with E-state index in [0.29, 0.717) is 33.0 Å². The summed E-state index contributed by atoms with van der Waals surface area (Å²) in [6, 6.07) is 7.56. The first-order valence-corrected chi connectivity index (χ1v) is 7.59. The second kappa shape index (κ2) is 9.40. The zero-order valence-corrected chi connectivity index (χ0v) is 13.0. The maximum atomic E-state index is 11.8. The summed E-state index contributed by atoms with van der Waals surface area (Å²) in [5.74, 6) is 0.835. The fourth-order valence-electron chi connectivity index (χ4n) is 2.15. The minimum Gasteiger partial charge on any atom is -0.497 e. The van der Waals surface area contributed by atoms with Crippen molar-refractivity contribution in [3.8, 4) is 5.75 Å². The fourth-order valence-corrected chi connectivity index (χ4v) is 2.15. The number of methoxy groups -OCH3 is 1. The number of nitrogens with one attached hydrogen (secondary N) is 2. The van der Waals surface area contributed by atoms with E-state index in [9.17, 15) is 4.79 Å². The lowest BCUT2D eigenvalue weighted by molar-refractivity contribution is -0.125. The number of morpholine rings is 1. The molecule has 22 heavy (non-hydrogen) atoms. The topological polar surface area (TPSA) is 68.8 Å². The fraction of sp³-hybridized carbons (Fsp3) is 0.562. The van der Waals surface area contributed by atoms with Gasteiger partial charge in [0.1, 0.15) is 11.8 Å². The van der Waals surface area contributed by atoms with Crippen LogP contribution in [0.4, 0.5) is 0 Å².